The van der Waals surface area contributed by atoms with Gasteiger partial charge in [-0.15, -0.1) is 37.2 Å². The number of anilines is 1. The SMILES string of the molecule is Cl.Cl.Cl.c1cnc(N2CCNCC2)nc1. The van der Waals surface area contributed by atoms with E-state index in [-0.39, 0.29) is 37.2 Å². The summed E-state index contributed by atoms with van der Waals surface area (Å²) in [5.41, 5.74) is 0. The number of rotatable bonds is 1. The molecule has 1 fully saturated rings. The minimum atomic E-state index is 0. The van der Waals surface area contributed by atoms with Crippen LogP contribution in [0.5, 0.6) is 0 Å². The second-order valence-corrected chi connectivity index (χ2v) is 2.79. The van der Waals surface area contributed by atoms with Crippen molar-refractivity contribution in [3.05, 3.63) is 18.5 Å². The van der Waals surface area contributed by atoms with Crippen LogP contribution in [0.15, 0.2) is 18.5 Å². The van der Waals surface area contributed by atoms with Gasteiger partial charge in [0.1, 0.15) is 0 Å². The molecule has 1 saturated heterocycles. The van der Waals surface area contributed by atoms with Crippen LogP contribution in [0, 0.1) is 0 Å². The molecule has 1 aliphatic heterocycles. The molecule has 7 heteroatoms. The molecule has 0 aromatic carbocycles. The van der Waals surface area contributed by atoms with Crippen molar-refractivity contribution in [2.24, 2.45) is 0 Å². The lowest BCUT2D eigenvalue weighted by molar-refractivity contribution is 0.580. The zero-order chi connectivity index (χ0) is 8.23. The summed E-state index contributed by atoms with van der Waals surface area (Å²) in [6, 6.07) is 1.84. The summed E-state index contributed by atoms with van der Waals surface area (Å²) in [4.78, 5) is 10.6. The van der Waals surface area contributed by atoms with E-state index in [0.717, 1.165) is 32.1 Å². The first-order valence-electron chi connectivity index (χ1n) is 4.19. The Labute approximate surface area is 108 Å². The predicted molar refractivity (Wildman–Crippen MR) is 68.9 cm³/mol. The molecular formula is C8H15Cl3N4. The first kappa shape index (κ1) is 17.1. The molecule has 15 heavy (non-hydrogen) atoms. The first-order chi connectivity index (χ1) is 5.97. The number of piperazine rings is 1. The third kappa shape index (κ3) is 4.84. The maximum Gasteiger partial charge on any atom is 0.225 e. The highest BCUT2D eigenvalue weighted by molar-refractivity contribution is 5.86. The minimum absolute atomic E-state index is 0. The van der Waals surface area contributed by atoms with Crippen molar-refractivity contribution in [3.8, 4) is 0 Å². The van der Waals surface area contributed by atoms with Crippen molar-refractivity contribution in [3.63, 3.8) is 0 Å². The maximum atomic E-state index is 4.19. The Balaban J connectivity index is 0. The predicted octanol–water partition coefficient (Wildman–Crippen LogP) is 1.15. The Kier molecular flexibility index (Phi) is 10.2. The standard InChI is InChI=1S/C8H12N4.3ClH/c1-2-10-8(11-3-1)12-6-4-9-5-7-12;;;/h1-3,9H,4-7H2;3*1H. The lowest BCUT2D eigenvalue weighted by atomic mass is 10.4. The second kappa shape index (κ2) is 8.97. The summed E-state index contributed by atoms with van der Waals surface area (Å²) >= 11 is 0. The van der Waals surface area contributed by atoms with Crippen LogP contribution >= 0.6 is 37.2 Å². The Morgan fingerprint density at radius 3 is 2.07 bits per heavy atom. The van der Waals surface area contributed by atoms with Gasteiger partial charge >= 0.3 is 0 Å². The maximum absolute atomic E-state index is 4.19. The summed E-state index contributed by atoms with van der Waals surface area (Å²) in [7, 11) is 0. The van der Waals surface area contributed by atoms with E-state index < -0.39 is 0 Å². The summed E-state index contributed by atoms with van der Waals surface area (Å²) in [5, 5.41) is 3.29. The highest BCUT2D eigenvalue weighted by Gasteiger charge is 2.11. The molecule has 0 unspecified atom stereocenters. The smallest absolute Gasteiger partial charge is 0.225 e. The topological polar surface area (TPSA) is 41.1 Å². The Bertz CT molecular complexity index is 241. The first-order valence-corrected chi connectivity index (χ1v) is 4.19. The molecule has 1 aromatic heterocycles. The van der Waals surface area contributed by atoms with Crippen molar-refractivity contribution in [2.75, 3.05) is 31.1 Å². The van der Waals surface area contributed by atoms with Gasteiger partial charge in [0.25, 0.3) is 0 Å². The van der Waals surface area contributed by atoms with Gasteiger partial charge in [-0.2, -0.15) is 0 Å². The molecule has 1 aromatic rings. The van der Waals surface area contributed by atoms with Crippen molar-refractivity contribution < 1.29 is 0 Å². The molecular weight excluding hydrogens is 258 g/mol. The van der Waals surface area contributed by atoms with Crippen LogP contribution in [0.25, 0.3) is 0 Å². The van der Waals surface area contributed by atoms with Crippen LogP contribution in [0.4, 0.5) is 5.95 Å². The van der Waals surface area contributed by atoms with Crippen LogP contribution in [-0.2, 0) is 0 Å². The fraction of sp³-hybridized carbons (Fsp3) is 0.500. The molecule has 0 atom stereocenters. The van der Waals surface area contributed by atoms with E-state index in [1.807, 2.05) is 6.07 Å². The van der Waals surface area contributed by atoms with E-state index in [1.54, 1.807) is 12.4 Å². The molecule has 2 rings (SSSR count). The fourth-order valence-corrected chi connectivity index (χ4v) is 1.32. The van der Waals surface area contributed by atoms with Crippen molar-refractivity contribution in [1.29, 1.82) is 0 Å². The molecule has 88 valence electrons. The van der Waals surface area contributed by atoms with Crippen LogP contribution in [0.1, 0.15) is 0 Å². The van der Waals surface area contributed by atoms with Crippen LogP contribution < -0.4 is 10.2 Å². The minimum Gasteiger partial charge on any atom is -0.338 e. The van der Waals surface area contributed by atoms with Crippen molar-refractivity contribution in [1.82, 2.24) is 15.3 Å². The lowest BCUT2D eigenvalue weighted by Gasteiger charge is -2.26. The quantitative estimate of drug-likeness (QED) is 0.833. The summed E-state index contributed by atoms with van der Waals surface area (Å²) in [6.07, 6.45) is 3.56. The Morgan fingerprint density at radius 1 is 1.00 bits per heavy atom. The number of hydrogen-bond acceptors (Lipinski definition) is 4. The number of halogens is 3. The molecule has 0 spiro atoms. The molecule has 0 aliphatic carbocycles. The Hall–Kier alpha value is -0.290. The van der Waals surface area contributed by atoms with Gasteiger partial charge < -0.3 is 10.2 Å². The average Bonchev–Trinajstić information content (AvgIpc) is 2.21. The van der Waals surface area contributed by atoms with Crippen LogP contribution in [0.3, 0.4) is 0 Å². The largest absolute Gasteiger partial charge is 0.338 e. The highest BCUT2D eigenvalue weighted by atomic mass is 35.5. The molecule has 1 N–H and O–H groups in total. The molecule has 1 aliphatic rings. The van der Waals surface area contributed by atoms with E-state index in [1.165, 1.54) is 0 Å². The molecule has 4 nitrogen and oxygen atoms in total. The fourth-order valence-electron chi connectivity index (χ4n) is 1.32. The van der Waals surface area contributed by atoms with Gasteiger partial charge in [0.2, 0.25) is 5.95 Å². The highest BCUT2D eigenvalue weighted by Crippen LogP contribution is 2.04. The van der Waals surface area contributed by atoms with E-state index in [9.17, 15) is 0 Å². The van der Waals surface area contributed by atoms with E-state index in [2.05, 4.69) is 20.2 Å². The molecule has 2 heterocycles. The van der Waals surface area contributed by atoms with Gasteiger partial charge in [0.15, 0.2) is 0 Å². The van der Waals surface area contributed by atoms with Crippen molar-refractivity contribution in [2.45, 2.75) is 0 Å². The summed E-state index contributed by atoms with van der Waals surface area (Å²) < 4.78 is 0. The normalized spacial score (nSPS) is 14.3. The zero-order valence-corrected chi connectivity index (χ0v) is 10.6. The van der Waals surface area contributed by atoms with Crippen LogP contribution in [-0.4, -0.2) is 36.1 Å². The summed E-state index contributed by atoms with van der Waals surface area (Å²) in [6.45, 7) is 4.06. The molecule has 0 bridgehead atoms. The third-order valence-electron chi connectivity index (χ3n) is 1.95. The van der Waals surface area contributed by atoms with Gasteiger partial charge in [0.05, 0.1) is 0 Å². The summed E-state index contributed by atoms with van der Waals surface area (Å²) in [5.74, 6) is 0.846. The van der Waals surface area contributed by atoms with Gasteiger partial charge in [-0.1, -0.05) is 0 Å². The molecule has 0 amide bonds. The van der Waals surface area contributed by atoms with Gasteiger partial charge in [-0.3, -0.25) is 0 Å². The third-order valence-corrected chi connectivity index (χ3v) is 1.95. The second-order valence-electron chi connectivity index (χ2n) is 2.79. The van der Waals surface area contributed by atoms with E-state index in [0.29, 0.717) is 0 Å². The zero-order valence-electron chi connectivity index (χ0n) is 8.13. The number of nitrogens with zero attached hydrogens (tertiary/aromatic N) is 3. The molecule has 0 saturated carbocycles. The van der Waals surface area contributed by atoms with E-state index in [4.69, 9.17) is 0 Å². The number of hydrogen-bond donors (Lipinski definition) is 1. The van der Waals surface area contributed by atoms with Gasteiger partial charge in [-0.05, 0) is 6.07 Å². The number of nitrogens with one attached hydrogen (secondary N) is 1. The average molecular weight is 274 g/mol. The van der Waals surface area contributed by atoms with Gasteiger partial charge in [0, 0.05) is 38.6 Å². The monoisotopic (exact) mass is 272 g/mol. The number of aromatic nitrogens is 2. The van der Waals surface area contributed by atoms with E-state index >= 15 is 0 Å². The molecule has 0 radical (unpaired) electrons. The van der Waals surface area contributed by atoms with Crippen LogP contribution in [0.2, 0.25) is 0 Å². The van der Waals surface area contributed by atoms with Crippen molar-refractivity contribution >= 4 is 43.2 Å². The Morgan fingerprint density at radius 2 is 1.53 bits per heavy atom. The van der Waals surface area contributed by atoms with Gasteiger partial charge in [-0.25, -0.2) is 9.97 Å². The lowest BCUT2D eigenvalue weighted by Crippen LogP contribution is -2.44.